The van der Waals surface area contributed by atoms with Crippen LogP contribution in [-0.4, -0.2) is 23.5 Å². The van der Waals surface area contributed by atoms with Crippen LogP contribution < -0.4 is 0 Å². The topological polar surface area (TPSA) is 26.3 Å². The van der Waals surface area contributed by atoms with Gasteiger partial charge in [0.2, 0.25) is 0 Å². The molecule has 2 rings (SSSR count). The Morgan fingerprint density at radius 1 is 1.50 bits per heavy atom. The first-order valence-electron chi connectivity index (χ1n) is 4.96. The van der Waals surface area contributed by atoms with Crippen LogP contribution in [0.1, 0.15) is 10.4 Å². The molecule has 1 aromatic rings. The molecule has 1 atom stereocenters. The fourth-order valence-electron chi connectivity index (χ4n) is 1.35. The normalized spacial score (nSPS) is 22.1. The number of alkyl halides is 1. The van der Waals surface area contributed by atoms with Gasteiger partial charge in [-0.1, -0.05) is 42.1 Å². The number of carbonyl (C=O) groups excluding carboxylic acids is 1. The number of hydrogen-bond acceptors (Lipinski definition) is 3. The minimum atomic E-state index is -0.0293. The monoisotopic (exact) mass is 254 g/mol. The van der Waals surface area contributed by atoms with Gasteiger partial charge in [0.15, 0.2) is 10.9 Å². The third-order valence-corrected chi connectivity index (χ3v) is 3.55. The lowest BCUT2D eigenvalue weighted by atomic mass is 10.1. The van der Waals surface area contributed by atoms with Crippen molar-refractivity contribution in [3.8, 4) is 0 Å². The number of hydrogen-bond donors (Lipinski definition) is 0. The van der Waals surface area contributed by atoms with Gasteiger partial charge in [0.1, 0.15) is 6.10 Å². The van der Waals surface area contributed by atoms with Gasteiger partial charge >= 0.3 is 0 Å². The molecule has 0 radical (unpaired) electrons. The minimum Gasteiger partial charge on any atom is -0.482 e. The molecule has 84 valence electrons. The highest BCUT2D eigenvalue weighted by Gasteiger charge is 2.21. The molecule has 1 aliphatic rings. The Kier molecular flexibility index (Phi) is 3.91. The van der Waals surface area contributed by atoms with Crippen molar-refractivity contribution in [3.05, 3.63) is 47.1 Å². The molecule has 1 aliphatic heterocycles. The predicted octanol–water partition coefficient (Wildman–Crippen LogP) is 3.08. The molecule has 0 saturated carbocycles. The van der Waals surface area contributed by atoms with Crippen molar-refractivity contribution in [1.82, 2.24) is 0 Å². The number of carbonyl (C=O) groups is 1. The van der Waals surface area contributed by atoms with Crippen molar-refractivity contribution >= 4 is 29.1 Å². The van der Waals surface area contributed by atoms with E-state index in [1.54, 1.807) is 12.1 Å². The molecule has 0 amide bonds. The van der Waals surface area contributed by atoms with E-state index >= 15 is 0 Å². The largest absolute Gasteiger partial charge is 0.482 e. The van der Waals surface area contributed by atoms with Crippen LogP contribution in [0.25, 0.3) is 0 Å². The van der Waals surface area contributed by atoms with Crippen LogP contribution in [0.4, 0.5) is 0 Å². The van der Waals surface area contributed by atoms with Gasteiger partial charge in [-0.05, 0) is 0 Å². The van der Waals surface area contributed by atoms with E-state index in [9.17, 15) is 4.79 Å². The number of rotatable bonds is 3. The molecule has 0 aliphatic carbocycles. The zero-order valence-corrected chi connectivity index (χ0v) is 10.1. The maximum absolute atomic E-state index is 11.8. The van der Waals surface area contributed by atoms with E-state index in [0.29, 0.717) is 16.5 Å². The first-order chi connectivity index (χ1) is 7.79. The van der Waals surface area contributed by atoms with Crippen molar-refractivity contribution in [1.29, 1.82) is 0 Å². The van der Waals surface area contributed by atoms with Crippen LogP contribution in [0.5, 0.6) is 0 Å². The fraction of sp³-hybridized carbons (Fsp3) is 0.250. The third kappa shape index (κ3) is 2.80. The maximum atomic E-state index is 11.8. The van der Waals surface area contributed by atoms with Crippen LogP contribution in [0.15, 0.2) is 41.5 Å². The first-order valence-corrected chi connectivity index (χ1v) is 6.48. The van der Waals surface area contributed by atoms with Crippen molar-refractivity contribution in [3.63, 3.8) is 0 Å². The molecule has 1 saturated heterocycles. The lowest BCUT2D eigenvalue weighted by Gasteiger charge is -2.03. The summed E-state index contributed by atoms with van der Waals surface area (Å²) in [5.74, 6) is 1.25. The summed E-state index contributed by atoms with van der Waals surface area (Å²) >= 11 is 7.21. The average molecular weight is 255 g/mol. The molecule has 1 aromatic carbocycles. The van der Waals surface area contributed by atoms with Crippen LogP contribution >= 0.6 is 23.4 Å². The first kappa shape index (κ1) is 11.6. The van der Waals surface area contributed by atoms with Gasteiger partial charge < -0.3 is 4.74 Å². The molecule has 1 heterocycles. The Bertz CT molecular complexity index is 403. The van der Waals surface area contributed by atoms with Gasteiger partial charge in [-0.2, -0.15) is 0 Å². The summed E-state index contributed by atoms with van der Waals surface area (Å²) < 4.78 is 5.47. The van der Waals surface area contributed by atoms with Crippen molar-refractivity contribution in [2.24, 2.45) is 0 Å². The van der Waals surface area contributed by atoms with E-state index in [-0.39, 0.29) is 11.9 Å². The zero-order chi connectivity index (χ0) is 11.4. The van der Waals surface area contributed by atoms with E-state index in [4.69, 9.17) is 16.3 Å². The van der Waals surface area contributed by atoms with Crippen molar-refractivity contribution in [2.45, 2.75) is 6.10 Å². The summed E-state index contributed by atoms with van der Waals surface area (Å²) in [5, 5.41) is 0.666. The highest BCUT2D eigenvalue weighted by atomic mass is 35.5. The predicted molar refractivity (Wildman–Crippen MR) is 66.9 cm³/mol. The number of thioether (sulfide) groups is 1. The van der Waals surface area contributed by atoms with Gasteiger partial charge in [-0.3, -0.25) is 4.79 Å². The summed E-state index contributed by atoms with van der Waals surface area (Å²) in [6.45, 7) is 0. The number of halogens is 1. The highest BCUT2D eigenvalue weighted by molar-refractivity contribution is 8.03. The summed E-state index contributed by atoms with van der Waals surface area (Å²) in [5.41, 5.74) is 0.675. The number of allylic oxidation sites excluding steroid dienone is 1. The lowest BCUT2D eigenvalue weighted by Crippen LogP contribution is -2.09. The zero-order valence-electron chi connectivity index (χ0n) is 8.56. The maximum Gasteiger partial charge on any atom is 0.190 e. The molecule has 0 aromatic heterocycles. The number of ether oxygens (including phenoxy) is 1. The summed E-state index contributed by atoms with van der Waals surface area (Å²) in [7, 11) is 0. The second kappa shape index (κ2) is 5.41. The molecule has 0 spiro atoms. The molecule has 1 unspecified atom stereocenters. The molecule has 2 nitrogen and oxygen atoms in total. The van der Waals surface area contributed by atoms with Crippen LogP contribution in [0, 0.1) is 0 Å². The Labute approximate surface area is 104 Å². The fourth-order valence-corrected chi connectivity index (χ4v) is 2.58. The average Bonchev–Trinajstić information content (AvgIpc) is 2.78. The van der Waals surface area contributed by atoms with Crippen LogP contribution in [0.3, 0.4) is 0 Å². The molecular formula is C12H11ClO2S. The molecule has 1 fully saturated rings. The Morgan fingerprint density at radius 2 is 2.25 bits per heavy atom. The van der Waals surface area contributed by atoms with Crippen molar-refractivity contribution < 1.29 is 9.53 Å². The molecular weight excluding hydrogens is 244 g/mol. The van der Waals surface area contributed by atoms with Gasteiger partial charge in [-0.15, -0.1) is 11.6 Å². The second-order valence-electron chi connectivity index (χ2n) is 3.40. The van der Waals surface area contributed by atoms with Gasteiger partial charge in [0, 0.05) is 17.4 Å². The van der Waals surface area contributed by atoms with Gasteiger partial charge in [-0.25, -0.2) is 0 Å². The Hall–Kier alpha value is -0.930. The second-order valence-corrected chi connectivity index (χ2v) is 4.73. The quantitative estimate of drug-likeness (QED) is 0.471. The van der Waals surface area contributed by atoms with Crippen LogP contribution in [-0.2, 0) is 4.74 Å². The van der Waals surface area contributed by atoms with Gasteiger partial charge in [0.05, 0.1) is 5.88 Å². The SMILES string of the molecule is O=C(/C=C1/OC(CCl)CS1)c1ccccc1. The number of ketones is 1. The van der Waals surface area contributed by atoms with Crippen molar-refractivity contribution in [2.75, 3.05) is 11.6 Å². The standard InChI is InChI=1S/C12H11ClO2S/c13-7-10-8-16-12(15-10)6-11(14)9-4-2-1-3-5-9/h1-6,10H,7-8H2/b12-6-. The van der Waals surface area contributed by atoms with E-state index in [2.05, 4.69) is 0 Å². The van der Waals surface area contributed by atoms with E-state index in [0.717, 1.165) is 5.75 Å². The highest BCUT2D eigenvalue weighted by Crippen LogP contribution is 2.29. The van der Waals surface area contributed by atoms with E-state index in [1.807, 2.05) is 18.2 Å². The Balaban J connectivity index is 2.05. The molecule has 4 heteroatoms. The smallest absolute Gasteiger partial charge is 0.190 e. The number of benzene rings is 1. The van der Waals surface area contributed by atoms with E-state index < -0.39 is 0 Å². The van der Waals surface area contributed by atoms with Gasteiger partial charge in [0.25, 0.3) is 0 Å². The molecule has 0 bridgehead atoms. The lowest BCUT2D eigenvalue weighted by molar-refractivity contribution is 0.103. The van der Waals surface area contributed by atoms with E-state index in [1.165, 1.54) is 17.8 Å². The van der Waals surface area contributed by atoms with Crippen LogP contribution in [0.2, 0.25) is 0 Å². The minimum absolute atomic E-state index is 0.0292. The molecule has 16 heavy (non-hydrogen) atoms. The summed E-state index contributed by atoms with van der Waals surface area (Å²) in [6.07, 6.45) is 1.56. The summed E-state index contributed by atoms with van der Waals surface area (Å²) in [6, 6.07) is 9.15. The molecule has 0 N–H and O–H groups in total. The Morgan fingerprint density at radius 3 is 2.88 bits per heavy atom. The third-order valence-electron chi connectivity index (χ3n) is 2.17. The summed E-state index contributed by atoms with van der Waals surface area (Å²) in [4.78, 5) is 11.8.